The zero-order valence-electron chi connectivity index (χ0n) is 3.15. The van der Waals surface area contributed by atoms with Gasteiger partial charge < -0.3 is 0 Å². The second-order valence-electron chi connectivity index (χ2n) is 0.123. The predicted octanol–water partition coefficient (Wildman–Crippen LogP) is -0.929. The minimum absolute atomic E-state index is 0. The number of hydrogen-bond donors (Lipinski definition) is 0. The van der Waals surface area contributed by atoms with Crippen molar-refractivity contribution in [3.05, 3.63) is 0 Å². The Morgan fingerprint density at radius 2 is 1.50 bits per heavy atom. The van der Waals surface area contributed by atoms with Crippen LogP contribution in [-0.4, -0.2) is 6.66 Å². The minimum atomic E-state index is 0. The van der Waals surface area contributed by atoms with E-state index in [1.807, 2.05) is 36.5 Å². The van der Waals surface area contributed by atoms with Gasteiger partial charge in [0.05, 0.1) is 0 Å². The van der Waals surface area contributed by atoms with Crippen LogP contribution in [0, 0.1) is 0 Å². The third-order valence-corrected chi connectivity index (χ3v) is 0. The van der Waals surface area contributed by atoms with Gasteiger partial charge in [-0.1, -0.05) is 0 Å². The molecular weight excluding hydrogens is 346 g/mol. The quantitative estimate of drug-likeness (QED) is 0.497. The topological polar surface area (TPSA) is 0 Å². The summed E-state index contributed by atoms with van der Waals surface area (Å²) in [5, 5.41) is 0. The van der Waals surface area contributed by atoms with E-state index in [2.05, 4.69) is 0 Å². The molecule has 0 aromatic carbocycles. The third-order valence-electron chi connectivity index (χ3n) is 0. The van der Waals surface area contributed by atoms with E-state index >= 15 is 0 Å². The van der Waals surface area contributed by atoms with E-state index in [1.165, 1.54) is 0 Å². The molecule has 0 aromatic rings. The van der Waals surface area contributed by atoms with Crippen LogP contribution in [0.1, 0.15) is 0 Å². The molecule has 6 heavy (non-hydrogen) atoms. The van der Waals surface area contributed by atoms with E-state index in [1.54, 1.807) is 0 Å². The molecule has 0 aliphatic carbocycles. The molecule has 0 bridgehead atoms. The van der Waals surface area contributed by atoms with Gasteiger partial charge in [0, 0.05) is 53.6 Å². The van der Waals surface area contributed by atoms with Gasteiger partial charge in [-0.25, -0.2) is 0 Å². The molecule has 6 heteroatoms. The second kappa shape index (κ2) is 24.6. The molecule has 39 valence electrons. The average Bonchev–Trinajstić information content (AvgIpc) is 0.918. The van der Waals surface area contributed by atoms with E-state index in [4.69, 9.17) is 0 Å². The fourth-order valence-corrected chi connectivity index (χ4v) is 0. The van der Waals surface area contributed by atoms with Crippen LogP contribution in [-0.2, 0) is 83.5 Å². The Bertz CT molecular complexity index is 15.5. The summed E-state index contributed by atoms with van der Waals surface area (Å²) in [4.78, 5) is 0. The molecule has 0 saturated heterocycles. The first-order valence-electron chi connectivity index (χ1n) is 0.425. The molecule has 0 saturated carbocycles. The van der Waals surface area contributed by atoms with Crippen molar-refractivity contribution in [1.29, 1.82) is 0 Å². The monoisotopic (exact) mass is 349 g/mol. The SMILES string of the molecule is [BH2][Cu][Mo].[Fe].[Mn].[Zn]. The van der Waals surface area contributed by atoms with Crippen molar-refractivity contribution in [2.75, 3.05) is 0 Å². The standard InChI is InChI=1S/BH2.Cu.Fe.Mn.Mo.Zn/h1H2;;;;;/q+1;-1;;;;. The van der Waals surface area contributed by atoms with Crippen LogP contribution in [0.15, 0.2) is 0 Å². The van der Waals surface area contributed by atoms with Crippen LogP contribution in [0.5, 0.6) is 0 Å². The Morgan fingerprint density at radius 3 is 1.50 bits per heavy atom. The molecule has 0 heterocycles. The molecule has 0 unspecified atom stereocenters. The maximum atomic E-state index is 2.04. The van der Waals surface area contributed by atoms with Crippen LogP contribution in [0.3, 0.4) is 0 Å². The summed E-state index contributed by atoms with van der Waals surface area (Å²) in [6.45, 7) is 2.04. The maximum absolute atomic E-state index is 2.04. The summed E-state index contributed by atoms with van der Waals surface area (Å²) < 4.78 is 0. The van der Waals surface area contributed by atoms with Crippen molar-refractivity contribution >= 4 is 6.66 Å². The molecule has 0 atom stereocenters. The summed E-state index contributed by atoms with van der Waals surface area (Å²) >= 11 is 3.80. The predicted molar refractivity (Wildman–Crippen MR) is 8.54 cm³/mol. The summed E-state index contributed by atoms with van der Waals surface area (Å²) in [7, 11) is 0. The van der Waals surface area contributed by atoms with Crippen molar-refractivity contribution in [1.82, 2.24) is 0 Å². The fraction of sp³-hybridized carbons (Fsp3) is 0. The molecule has 0 nitrogen and oxygen atoms in total. The van der Waals surface area contributed by atoms with E-state index < -0.39 is 0 Å². The van der Waals surface area contributed by atoms with E-state index in [0.717, 1.165) is 0 Å². The van der Waals surface area contributed by atoms with Gasteiger partial charge >= 0.3 is 36.5 Å². The van der Waals surface area contributed by atoms with Crippen LogP contribution in [0.4, 0.5) is 0 Å². The van der Waals surface area contributed by atoms with Gasteiger partial charge in [0.15, 0.2) is 0 Å². The Morgan fingerprint density at radius 1 is 1.50 bits per heavy atom. The van der Waals surface area contributed by atoms with Crippen LogP contribution >= 0.6 is 0 Å². The number of hydrogen-bond acceptors (Lipinski definition) is 0. The first-order valence-corrected chi connectivity index (χ1v) is 4.25. The largest absolute Gasteiger partial charge is 0 e. The van der Waals surface area contributed by atoms with Gasteiger partial charge in [0.25, 0.3) is 0 Å². The van der Waals surface area contributed by atoms with Gasteiger partial charge in [-0.15, -0.1) is 0 Å². The molecule has 0 aromatic heterocycles. The average molecular weight is 348 g/mol. The van der Waals surface area contributed by atoms with Crippen molar-refractivity contribution in [2.24, 2.45) is 0 Å². The molecule has 0 aliphatic heterocycles. The summed E-state index contributed by atoms with van der Waals surface area (Å²) in [5.74, 6) is 0. The number of rotatable bonds is 0. The molecule has 0 N–H and O–H groups in total. The third kappa shape index (κ3) is 28.4. The molecule has 1 radical (unpaired) electrons. The molecule has 0 rings (SSSR count). The zero-order chi connectivity index (χ0) is 2.71. The Labute approximate surface area is 88.7 Å². The summed E-state index contributed by atoms with van der Waals surface area (Å²) in [6, 6.07) is 0. The normalized spacial score (nSPS) is 3.33. The van der Waals surface area contributed by atoms with Crippen molar-refractivity contribution in [3.63, 3.8) is 0 Å². The smallest absolute Gasteiger partial charge is 0 e. The first-order chi connectivity index (χ1) is 1.41. The second-order valence-corrected chi connectivity index (χ2v) is 3.00. The van der Waals surface area contributed by atoms with Crippen molar-refractivity contribution < 1.29 is 83.5 Å². The van der Waals surface area contributed by atoms with Crippen molar-refractivity contribution in [3.8, 4) is 0 Å². The van der Waals surface area contributed by atoms with Gasteiger partial charge in [-0.2, -0.15) is 0 Å². The maximum Gasteiger partial charge on any atom is 0 e. The zero-order valence-corrected chi connectivity index (χ0v) is 11.3. The molecule has 0 amide bonds. The summed E-state index contributed by atoms with van der Waals surface area (Å²) in [5.41, 5.74) is 0. The van der Waals surface area contributed by atoms with Gasteiger partial charge in [-0.3, -0.25) is 0 Å². The van der Waals surface area contributed by atoms with Crippen LogP contribution in [0.25, 0.3) is 0 Å². The Kier molecular flexibility index (Phi) is 94.9. The molecule has 0 aliphatic rings. The fourth-order valence-electron chi connectivity index (χ4n) is 0. The Balaban J connectivity index is -0.00000000667. The molecule has 0 fully saturated rings. The first kappa shape index (κ1) is 23.1. The van der Waals surface area contributed by atoms with Gasteiger partial charge in [0.1, 0.15) is 0 Å². The van der Waals surface area contributed by atoms with Gasteiger partial charge in [-0.05, 0) is 0 Å². The van der Waals surface area contributed by atoms with Crippen LogP contribution < -0.4 is 0 Å². The molecule has 0 spiro atoms. The van der Waals surface area contributed by atoms with Gasteiger partial charge in [0.2, 0.25) is 0 Å². The van der Waals surface area contributed by atoms with Crippen LogP contribution in [0.2, 0.25) is 0 Å². The summed E-state index contributed by atoms with van der Waals surface area (Å²) in [6.07, 6.45) is 0. The van der Waals surface area contributed by atoms with E-state index in [9.17, 15) is 0 Å². The van der Waals surface area contributed by atoms with E-state index in [-0.39, 0.29) is 53.6 Å². The van der Waals surface area contributed by atoms with E-state index in [0.29, 0.717) is 0 Å². The minimum Gasteiger partial charge on any atom is 0 e. The molecular formula is H2BCuFeMnMoZn. The van der Waals surface area contributed by atoms with Crippen molar-refractivity contribution in [2.45, 2.75) is 0 Å². The Hall–Kier alpha value is 2.94.